The minimum absolute atomic E-state index is 0.124. The van der Waals surface area contributed by atoms with E-state index in [1.165, 1.54) is 0 Å². The summed E-state index contributed by atoms with van der Waals surface area (Å²) < 4.78 is 1.55. The van der Waals surface area contributed by atoms with Gasteiger partial charge in [0.2, 0.25) is 0 Å². The van der Waals surface area contributed by atoms with Crippen molar-refractivity contribution in [1.29, 1.82) is 0 Å². The summed E-state index contributed by atoms with van der Waals surface area (Å²) in [5.74, 6) is -1.53. The quantitative estimate of drug-likeness (QED) is 0.865. The van der Waals surface area contributed by atoms with E-state index >= 15 is 0 Å². The number of aromatic nitrogens is 3. The molecule has 120 valence electrons. The van der Waals surface area contributed by atoms with E-state index in [9.17, 15) is 9.90 Å². The molecule has 0 fully saturated rings. The standard InChI is InChI=1S/C16H22ClN3O2/c1-6-7-10(15(21)22)13-9(2)18-12-8-11(16(3,4)5)19-20(12)14(13)17/h8,10H,6-7H2,1-5H3,(H,21,22). The van der Waals surface area contributed by atoms with Crippen molar-refractivity contribution in [2.24, 2.45) is 0 Å². The number of rotatable bonds is 4. The van der Waals surface area contributed by atoms with Gasteiger partial charge in [0.1, 0.15) is 5.15 Å². The van der Waals surface area contributed by atoms with Crippen LogP contribution in [0.3, 0.4) is 0 Å². The molecule has 2 rings (SSSR count). The lowest BCUT2D eigenvalue weighted by Crippen LogP contribution is -2.16. The molecular weight excluding hydrogens is 302 g/mol. The lowest BCUT2D eigenvalue weighted by Gasteiger charge is -2.16. The van der Waals surface area contributed by atoms with Gasteiger partial charge in [0.15, 0.2) is 5.65 Å². The van der Waals surface area contributed by atoms with Crippen molar-refractivity contribution in [1.82, 2.24) is 14.6 Å². The highest BCUT2D eigenvalue weighted by Gasteiger charge is 2.27. The summed E-state index contributed by atoms with van der Waals surface area (Å²) in [7, 11) is 0. The van der Waals surface area contributed by atoms with Crippen LogP contribution in [-0.2, 0) is 10.2 Å². The highest BCUT2D eigenvalue weighted by Crippen LogP contribution is 2.32. The van der Waals surface area contributed by atoms with Crippen molar-refractivity contribution >= 4 is 23.2 Å². The Morgan fingerprint density at radius 1 is 1.45 bits per heavy atom. The first-order chi connectivity index (χ1) is 10.2. The third-order valence-corrected chi connectivity index (χ3v) is 4.13. The van der Waals surface area contributed by atoms with E-state index in [0.29, 0.717) is 28.5 Å². The normalized spacial score (nSPS) is 13.5. The maximum atomic E-state index is 11.6. The molecule has 0 bridgehead atoms. The summed E-state index contributed by atoms with van der Waals surface area (Å²) in [4.78, 5) is 16.1. The third kappa shape index (κ3) is 2.95. The molecule has 22 heavy (non-hydrogen) atoms. The van der Waals surface area contributed by atoms with Crippen LogP contribution in [0.4, 0.5) is 0 Å². The van der Waals surface area contributed by atoms with Crippen LogP contribution in [0.2, 0.25) is 5.15 Å². The lowest BCUT2D eigenvalue weighted by atomic mass is 9.92. The zero-order chi connectivity index (χ0) is 16.7. The number of fused-ring (bicyclic) bond motifs is 1. The molecule has 2 heterocycles. The van der Waals surface area contributed by atoms with Crippen LogP contribution in [0.15, 0.2) is 6.07 Å². The number of carboxylic acid groups (broad SMARTS) is 1. The SMILES string of the molecule is CCCC(C(=O)O)c1c(C)nc2cc(C(C)(C)C)nn2c1Cl. The maximum Gasteiger partial charge on any atom is 0.311 e. The van der Waals surface area contributed by atoms with Crippen molar-refractivity contribution in [3.8, 4) is 0 Å². The first-order valence-electron chi connectivity index (χ1n) is 7.45. The zero-order valence-electron chi connectivity index (χ0n) is 13.6. The first-order valence-corrected chi connectivity index (χ1v) is 7.83. The van der Waals surface area contributed by atoms with Gasteiger partial charge in [-0.05, 0) is 13.3 Å². The van der Waals surface area contributed by atoms with Gasteiger partial charge in [0, 0.05) is 22.7 Å². The Balaban J connectivity index is 2.68. The van der Waals surface area contributed by atoms with Crippen molar-refractivity contribution < 1.29 is 9.90 Å². The molecule has 0 aliphatic heterocycles. The molecule has 0 aromatic carbocycles. The number of carbonyl (C=O) groups is 1. The molecule has 5 nitrogen and oxygen atoms in total. The van der Waals surface area contributed by atoms with E-state index in [-0.39, 0.29) is 5.41 Å². The van der Waals surface area contributed by atoms with Crippen LogP contribution in [0.25, 0.3) is 5.65 Å². The van der Waals surface area contributed by atoms with Gasteiger partial charge in [-0.1, -0.05) is 45.7 Å². The fraction of sp³-hybridized carbons (Fsp3) is 0.562. The first kappa shape index (κ1) is 16.7. The number of hydrogen-bond donors (Lipinski definition) is 1. The average Bonchev–Trinajstić information content (AvgIpc) is 2.81. The summed E-state index contributed by atoms with van der Waals surface area (Å²) in [6.07, 6.45) is 1.29. The molecule has 2 aromatic heterocycles. The number of halogens is 1. The molecule has 0 radical (unpaired) electrons. The fourth-order valence-electron chi connectivity index (χ4n) is 2.53. The Labute approximate surface area is 135 Å². The molecular formula is C16H22ClN3O2. The largest absolute Gasteiger partial charge is 0.481 e. The second kappa shape index (κ2) is 5.88. The fourth-order valence-corrected chi connectivity index (χ4v) is 2.93. The van der Waals surface area contributed by atoms with Crippen LogP contribution in [-0.4, -0.2) is 25.7 Å². The minimum atomic E-state index is -0.879. The number of nitrogens with zero attached hydrogens (tertiary/aromatic N) is 3. The molecule has 0 saturated carbocycles. The van der Waals surface area contributed by atoms with Gasteiger partial charge in [0.05, 0.1) is 11.6 Å². The Hall–Kier alpha value is -1.62. The molecule has 0 amide bonds. The van der Waals surface area contributed by atoms with Crippen LogP contribution in [0.5, 0.6) is 0 Å². The Morgan fingerprint density at radius 3 is 2.59 bits per heavy atom. The Morgan fingerprint density at radius 2 is 2.09 bits per heavy atom. The van der Waals surface area contributed by atoms with Crippen molar-refractivity contribution in [2.45, 2.75) is 58.8 Å². The number of carboxylic acids is 1. The average molecular weight is 324 g/mol. The summed E-state index contributed by atoms with van der Waals surface area (Å²) in [6, 6.07) is 1.90. The van der Waals surface area contributed by atoms with E-state index in [0.717, 1.165) is 12.1 Å². The maximum absolute atomic E-state index is 11.6. The van der Waals surface area contributed by atoms with Crippen molar-refractivity contribution in [3.63, 3.8) is 0 Å². The van der Waals surface area contributed by atoms with Gasteiger partial charge >= 0.3 is 5.97 Å². The van der Waals surface area contributed by atoms with Crippen LogP contribution < -0.4 is 0 Å². The molecule has 0 spiro atoms. The topological polar surface area (TPSA) is 67.5 Å². The van der Waals surface area contributed by atoms with Crippen molar-refractivity contribution in [3.05, 3.63) is 28.2 Å². The summed E-state index contributed by atoms with van der Waals surface area (Å²) >= 11 is 6.48. The van der Waals surface area contributed by atoms with E-state index in [1.54, 1.807) is 11.4 Å². The van der Waals surface area contributed by atoms with Gasteiger partial charge in [0.25, 0.3) is 0 Å². The van der Waals surface area contributed by atoms with Gasteiger partial charge in [-0.15, -0.1) is 0 Å². The van der Waals surface area contributed by atoms with Crippen molar-refractivity contribution in [2.75, 3.05) is 0 Å². The highest BCUT2D eigenvalue weighted by molar-refractivity contribution is 6.30. The third-order valence-electron chi connectivity index (χ3n) is 3.76. The van der Waals surface area contributed by atoms with Gasteiger partial charge in [-0.2, -0.15) is 5.10 Å². The smallest absolute Gasteiger partial charge is 0.311 e. The number of aliphatic carboxylic acids is 1. The monoisotopic (exact) mass is 323 g/mol. The zero-order valence-corrected chi connectivity index (χ0v) is 14.4. The molecule has 0 aliphatic rings. The molecule has 0 aliphatic carbocycles. The van der Waals surface area contributed by atoms with E-state index < -0.39 is 11.9 Å². The Bertz CT molecular complexity index is 716. The highest BCUT2D eigenvalue weighted by atomic mass is 35.5. The van der Waals surface area contributed by atoms with Gasteiger partial charge in [-0.3, -0.25) is 4.79 Å². The van der Waals surface area contributed by atoms with E-state index in [4.69, 9.17) is 11.6 Å². The molecule has 0 saturated heterocycles. The van der Waals surface area contributed by atoms with E-state index in [2.05, 4.69) is 30.9 Å². The minimum Gasteiger partial charge on any atom is -0.481 e. The molecule has 2 aromatic rings. The Kier molecular flexibility index (Phi) is 4.47. The number of hydrogen-bond acceptors (Lipinski definition) is 3. The van der Waals surface area contributed by atoms with Crippen LogP contribution in [0, 0.1) is 6.92 Å². The summed E-state index contributed by atoms with van der Waals surface area (Å²) in [5.41, 5.74) is 2.61. The molecule has 1 N–H and O–H groups in total. The predicted molar refractivity (Wildman–Crippen MR) is 86.7 cm³/mol. The molecule has 6 heteroatoms. The van der Waals surface area contributed by atoms with Crippen LogP contribution >= 0.6 is 11.6 Å². The van der Waals surface area contributed by atoms with Gasteiger partial charge < -0.3 is 5.11 Å². The summed E-state index contributed by atoms with van der Waals surface area (Å²) in [6.45, 7) is 9.95. The van der Waals surface area contributed by atoms with E-state index in [1.807, 2.05) is 13.0 Å². The second-order valence-electron chi connectivity index (χ2n) is 6.63. The van der Waals surface area contributed by atoms with Crippen LogP contribution in [0.1, 0.15) is 63.4 Å². The number of aryl methyl sites for hydroxylation is 1. The molecule has 1 unspecified atom stereocenters. The summed E-state index contributed by atoms with van der Waals surface area (Å²) in [5, 5.41) is 14.4. The second-order valence-corrected chi connectivity index (χ2v) is 6.99. The molecule has 1 atom stereocenters. The van der Waals surface area contributed by atoms with Gasteiger partial charge in [-0.25, -0.2) is 9.50 Å². The predicted octanol–water partition coefficient (Wildman–Crippen LogP) is 3.96. The lowest BCUT2D eigenvalue weighted by molar-refractivity contribution is -0.139.